The molecule has 3 aromatic rings. The van der Waals surface area contributed by atoms with Crippen molar-refractivity contribution < 1.29 is 19.1 Å². The maximum Gasteiger partial charge on any atom is 0.274 e. The van der Waals surface area contributed by atoms with Crippen LogP contribution in [0.2, 0.25) is 0 Å². The number of ether oxygens (including phenoxy) is 2. The van der Waals surface area contributed by atoms with E-state index in [1.165, 1.54) is 11.3 Å². The Morgan fingerprint density at radius 2 is 1.89 bits per heavy atom. The van der Waals surface area contributed by atoms with E-state index in [4.69, 9.17) is 15.2 Å². The van der Waals surface area contributed by atoms with Gasteiger partial charge in [-0.15, -0.1) is 0 Å². The molecule has 2 heterocycles. The van der Waals surface area contributed by atoms with Crippen molar-refractivity contribution in [1.82, 2.24) is 15.2 Å². The second kappa shape index (κ2) is 9.22. The summed E-state index contributed by atoms with van der Waals surface area (Å²) >= 11 is 1.33. The van der Waals surface area contributed by atoms with Gasteiger partial charge in [0.25, 0.3) is 11.8 Å². The Morgan fingerprint density at radius 3 is 2.57 bits per heavy atom. The van der Waals surface area contributed by atoms with Crippen LogP contribution in [0.4, 0.5) is 5.13 Å². The maximum atomic E-state index is 13.7. The molecule has 1 aliphatic carbocycles. The van der Waals surface area contributed by atoms with Gasteiger partial charge in [-0.3, -0.25) is 9.59 Å². The van der Waals surface area contributed by atoms with Crippen molar-refractivity contribution in [3.05, 3.63) is 59.3 Å². The summed E-state index contributed by atoms with van der Waals surface area (Å²) in [6, 6.07) is 13.1. The first-order valence-electron chi connectivity index (χ1n) is 11.5. The van der Waals surface area contributed by atoms with Crippen molar-refractivity contribution in [3.63, 3.8) is 0 Å². The van der Waals surface area contributed by atoms with Crippen LogP contribution in [0.15, 0.2) is 42.5 Å². The fraction of sp³-hybridized carbons (Fsp3) is 0.346. The molecule has 2 aromatic carbocycles. The number of fused-ring (bicyclic) bond motifs is 1. The van der Waals surface area contributed by atoms with E-state index in [1.807, 2.05) is 36.1 Å². The topological polar surface area (TPSA) is 107 Å². The molecule has 1 aliphatic heterocycles. The molecule has 9 heteroatoms. The number of nitrogens with two attached hydrogens (primary N) is 1. The average molecular weight is 493 g/mol. The quantitative estimate of drug-likeness (QED) is 0.520. The summed E-state index contributed by atoms with van der Waals surface area (Å²) < 4.78 is 10.5. The van der Waals surface area contributed by atoms with Crippen molar-refractivity contribution in [1.29, 1.82) is 0 Å². The van der Waals surface area contributed by atoms with Gasteiger partial charge in [-0.1, -0.05) is 41.2 Å². The molecule has 5 rings (SSSR count). The lowest BCUT2D eigenvalue weighted by Gasteiger charge is -2.27. The summed E-state index contributed by atoms with van der Waals surface area (Å²) in [6.07, 6.45) is 1.85. The summed E-state index contributed by atoms with van der Waals surface area (Å²) in [4.78, 5) is 33.7. The van der Waals surface area contributed by atoms with Crippen LogP contribution in [0.3, 0.4) is 0 Å². The predicted octanol–water partition coefficient (Wildman–Crippen LogP) is 3.75. The van der Waals surface area contributed by atoms with Gasteiger partial charge in [-0.25, -0.2) is 4.98 Å². The smallest absolute Gasteiger partial charge is 0.274 e. The second-order valence-corrected chi connectivity index (χ2v) is 10.1. The van der Waals surface area contributed by atoms with Gasteiger partial charge in [0, 0.05) is 24.2 Å². The fourth-order valence-electron chi connectivity index (χ4n) is 4.89. The Hall–Kier alpha value is -3.59. The number of carbonyl (C=O) groups is 2. The number of hydrogen-bond acceptors (Lipinski definition) is 7. The van der Waals surface area contributed by atoms with Crippen LogP contribution in [0, 0.1) is 12.8 Å². The van der Waals surface area contributed by atoms with Gasteiger partial charge in [0.2, 0.25) is 0 Å². The van der Waals surface area contributed by atoms with Crippen molar-refractivity contribution in [2.45, 2.75) is 31.8 Å². The normalized spacial score (nSPS) is 20.3. The summed E-state index contributed by atoms with van der Waals surface area (Å²) in [5.41, 5.74) is 8.91. The summed E-state index contributed by atoms with van der Waals surface area (Å²) in [5.74, 6) is 1.18. The number of rotatable bonds is 7. The summed E-state index contributed by atoms with van der Waals surface area (Å²) in [5, 5.41) is 3.36. The van der Waals surface area contributed by atoms with Crippen LogP contribution in [0.25, 0.3) is 10.4 Å². The largest absolute Gasteiger partial charge is 0.497 e. The highest BCUT2D eigenvalue weighted by Crippen LogP contribution is 2.49. The van der Waals surface area contributed by atoms with Gasteiger partial charge in [0.05, 0.1) is 25.1 Å². The molecule has 182 valence electrons. The Bertz CT molecular complexity index is 1270. The molecule has 1 saturated carbocycles. The Morgan fingerprint density at radius 1 is 1.14 bits per heavy atom. The summed E-state index contributed by atoms with van der Waals surface area (Å²) in [6.45, 7) is 2.37. The molecule has 3 atom stereocenters. The lowest BCUT2D eigenvalue weighted by molar-refractivity contribution is 0.0685. The van der Waals surface area contributed by atoms with Crippen LogP contribution in [-0.2, 0) is 0 Å². The summed E-state index contributed by atoms with van der Waals surface area (Å²) in [7, 11) is 3.09. The van der Waals surface area contributed by atoms with Crippen LogP contribution < -0.4 is 20.5 Å². The molecule has 0 radical (unpaired) electrons. The maximum absolute atomic E-state index is 13.7. The number of piperidine rings is 1. The van der Waals surface area contributed by atoms with Crippen LogP contribution >= 0.6 is 11.3 Å². The molecular formula is C26H28N4O4S. The van der Waals surface area contributed by atoms with Crippen LogP contribution in [0.1, 0.15) is 39.3 Å². The van der Waals surface area contributed by atoms with E-state index in [0.29, 0.717) is 40.4 Å². The highest BCUT2D eigenvalue weighted by molar-refractivity contribution is 7.19. The van der Waals surface area contributed by atoms with Crippen molar-refractivity contribution >= 4 is 28.3 Å². The first-order valence-corrected chi connectivity index (χ1v) is 12.4. The van der Waals surface area contributed by atoms with E-state index in [9.17, 15) is 9.59 Å². The SMILES string of the molecule is COc1cc(OC)cc(C(=O)NC[C@@H]2C[C@H]3C[C@@H]3N2C(=O)c2nc(N)sc2-c2cccc(C)c2)c1. The third-order valence-electron chi connectivity index (χ3n) is 6.68. The molecule has 2 fully saturated rings. The number of nitrogen functional groups attached to an aromatic ring is 1. The molecule has 8 nitrogen and oxygen atoms in total. The van der Waals surface area contributed by atoms with E-state index < -0.39 is 0 Å². The number of amides is 2. The number of anilines is 1. The Kier molecular flexibility index (Phi) is 6.10. The second-order valence-electron chi connectivity index (χ2n) is 9.08. The molecule has 0 unspecified atom stereocenters. The number of aryl methyl sites for hydroxylation is 1. The zero-order valence-corrected chi connectivity index (χ0v) is 20.7. The molecule has 1 aromatic heterocycles. The van der Waals surface area contributed by atoms with Gasteiger partial charge in [-0.2, -0.15) is 0 Å². The number of aromatic nitrogens is 1. The first-order chi connectivity index (χ1) is 16.9. The minimum absolute atomic E-state index is 0.101. The van der Waals surface area contributed by atoms with Gasteiger partial charge >= 0.3 is 0 Å². The number of nitrogens with one attached hydrogen (secondary N) is 1. The molecule has 2 amide bonds. The molecule has 3 N–H and O–H groups in total. The van der Waals surface area contributed by atoms with Crippen LogP contribution in [-0.4, -0.2) is 54.5 Å². The van der Waals surface area contributed by atoms with Crippen molar-refractivity contribution in [2.75, 3.05) is 26.5 Å². The minimum atomic E-state index is -0.242. The number of hydrogen-bond donors (Lipinski definition) is 2. The zero-order valence-electron chi connectivity index (χ0n) is 19.9. The van der Waals surface area contributed by atoms with Gasteiger partial charge in [0.1, 0.15) is 17.2 Å². The molecule has 35 heavy (non-hydrogen) atoms. The predicted molar refractivity (Wildman–Crippen MR) is 135 cm³/mol. The number of thiazole rings is 1. The highest BCUT2D eigenvalue weighted by Gasteiger charge is 2.54. The average Bonchev–Trinajstić information content (AvgIpc) is 3.35. The zero-order chi connectivity index (χ0) is 24.7. The molecular weight excluding hydrogens is 464 g/mol. The minimum Gasteiger partial charge on any atom is -0.497 e. The van der Waals surface area contributed by atoms with E-state index in [1.54, 1.807) is 32.4 Å². The fourth-order valence-corrected chi connectivity index (χ4v) is 5.72. The lowest BCUT2D eigenvalue weighted by atomic mass is 10.1. The van der Waals surface area contributed by atoms with E-state index in [0.717, 1.165) is 28.8 Å². The lowest BCUT2D eigenvalue weighted by Crippen LogP contribution is -2.45. The molecule has 1 saturated heterocycles. The van der Waals surface area contributed by atoms with Gasteiger partial charge < -0.3 is 25.4 Å². The van der Waals surface area contributed by atoms with E-state index >= 15 is 0 Å². The Balaban J connectivity index is 1.34. The van der Waals surface area contributed by atoms with Crippen LogP contribution in [0.5, 0.6) is 11.5 Å². The highest BCUT2D eigenvalue weighted by atomic mass is 32.1. The Labute approximate surface area is 208 Å². The number of likely N-dealkylation sites (tertiary alicyclic amines) is 1. The number of carbonyl (C=O) groups excluding carboxylic acids is 2. The standard InChI is InChI=1S/C26H28N4O4S/c1-14-5-4-6-15(7-14)23-22(29-26(27)35-23)25(32)30-18(8-16-11-21(16)30)13-28-24(31)17-9-19(33-2)12-20(10-17)34-3/h4-7,9-10,12,16,18,21H,8,11,13H2,1-3H3,(H2,27,29)(H,28,31)/t16-,18-,21-/m0/s1. The number of methoxy groups -OCH3 is 2. The third kappa shape index (κ3) is 4.55. The van der Waals surface area contributed by atoms with Gasteiger partial charge in [-0.05, 0) is 43.4 Å². The third-order valence-corrected chi connectivity index (χ3v) is 7.62. The van der Waals surface area contributed by atoms with E-state index in [2.05, 4.69) is 10.3 Å². The number of nitrogens with zero attached hydrogens (tertiary/aromatic N) is 2. The monoisotopic (exact) mass is 492 g/mol. The molecule has 0 spiro atoms. The number of benzene rings is 2. The van der Waals surface area contributed by atoms with Gasteiger partial charge in [0.15, 0.2) is 5.13 Å². The van der Waals surface area contributed by atoms with E-state index in [-0.39, 0.29) is 23.9 Å². The first kappa shape index (κ1) is 23.2. The van der Waals surface area contributed by atoms with Crippen molar-refractivity contribution in [2.24, 2.45) is 5.92 Å². The van der Waals surface area contributed by atoms with Crippen molar-refractivity contribution in [3.8, 4) is 21.9 Å². The molecule has 2 aliphatic rings. The molecule has 0 bridgehead atoms.